The molecule has 7 heteroatoms. The van der Waals surface area contributed by atoms with E-state index < -0.39 is 0 Å². The first-order chi connectivity index (χ1) is 13.2. The quantitative estimate of drug-likeness (QED) is 0.579. The van der Waals surface area contributed by atoms with Crippen molar-refractivity contribution < 1.29 is 9.52 Å². The molecule has 0 amide bonds. The van der Waals surface area contributed by atoms with E-state index in [4.69, 9.17) is 16.6 Å². The summed E-state index contributed by atoms with van der Waals surface area (Å²) in [6, 6.07) is 17.4. The maximum absolute atomic E-state index is 9.50. The summed E-state index contributed by atoms with van der Waals surface area (Å²) < 4.78 is 7.23. The number of pyridine rings is 1. The highest BCUT2D eigenvalue weighted by atomic mass is 79.9. The molecular weight excluding hydrogens is 426 g/mol. The lowest BCUT2D eigenvalue weighted by Gasteiger charge is -2.25. The summed E-state index contributed by atoms with van der Waals surface area (Å²) in [5.74, 6) is 1.57. The summed E-state index contributed by atoms with van der Waals surface area (Å²) in [6.45, 7) is 0.432. The summed E-state index contributed by atoms with van der Waals surface area (Å²) in [4.78, 5) is 6.44. The summed E-state index contributed by atoms with van der Waals surface area (Å²) in [7, 11) is 0. The van der Waals surface area contributed by atoms with E-state index in [0.29, 0.717) is 11.7 Å². The van der Waals surface area contributed by atoms with Crippen LogP contribution in [-0.2, 0) is 0 Å². The zero-order valence-corrected chi connectivity index (χ0v) is 16.8. The Balaban J connectivity index is 1.71. The molecule has 2 aromatic heterocycles. The molecule has 1 saturated heterocycles. The van der Waals surface area contributed by atoms with Gasteiger partial charge in [-0.15, -0.1) is 0 Å². The Morgan fingerprint density at radius 3 is 2.67 bits per heavy atom. The Morgan fingerprint density at radius 2 is 1.96 bits per heavy atom. The molecule has 4 rings (SSSR count). The SMILES string of the molecule is OCCN1C(=S)N[C@@H](c2ccccn2)[C@H]1c1ccc(-c2ccc(Br)cc2)o1. The lowest BCUT2D eigenvalue weighted by atomic mass is 10.0. The van der Waals surface area contributed by atoms with Crippen molar-refractivity contribution in [2.24, 2.45) is 0 Å². The van der Waals surface area contributed by atoms with Gasteiger partial charge >= 0.3 is 0 Å². The van der Waals surface area contributed by atoms with Gasteiger partial charge in [-0.3, -0.25) is 4.98 Å². The zero-order chi connectivity index (χ0) is 18.8. The van der Waals surface area contributed by atoms with Crippen LogP contribution >= 0.6 is 28.1 Å². The molecule has 138 valence electrons. The highest BCUT2D eigenvalue weighted by Gasteiger charge is 2.41. The topological polar surface area (TPSA) is 61.5 Å². The lowest BCUT2D eigenvalue weighted by Crippen LogP contribution is -2.32. The van der Waals surface area contributed by atoms with Crippen molar-refractivity contribution in [1.29, 1.82) is 0 Å². The minimum atomic E-state index is -0.177. The van der Waals surface area contributed by atoms with Crippen molar-refractivity contribution in [2.75, 3.05) is 13.2 Å². The van der Waals surface area contributed by atoms with Crippen LogP contribution in [0.2, 0.25) is 0 Å². The van der Waals surface area contributed by atoms with Crippen LogP contribution in [0, 0.1) is 0 Å². The molecule has 3 aromatic rings. The fourth-order valence-electron chi connectivity index (χ4n) is 3.34. The highest BCUT2D eigenvalue weighted by Crippen LogP contribution is 2.40. The number of β-amino-alcohol motifs (C(OH)–C–C–N with tert-alkyl or cyclic N) is 1. The number of nitrogens with zero attached hydrogens (tertiary/aromatic N) is 2. The molecule has 0 aliphatic carbocycles. The largest absolute Gasteiger partial charge is 0.459 e. The Labute approximate surface area is 171 Å². The molecule has 1 fully saturated rings. The molecule has 1 aromatic carbocycles. The van der Waals surface area contributed by atoms with E-state index in [1.807, 2.05) is 59.5 Å². The zero-order valence-electron chi connectivity index (χ0n) is 14.4. The Kier molecular flexibility index (Phi) is 5.24. The van der Waals surface area contributed by atoms with Crippen LogP contribution in [0.4, 0.5) is 0 Å². The number of aliphatic hydroxyl groups is 1. The number of aliphatic hydroxyl groups excluding tert-OH is 1. The standard InChI is InChI=1S/C20H18BrN3O2S/c21-14-6-4-13(5-7-14)16-8-9-17(26-16)19-18(15-3-1-2-10-22-15)23-20(27)24(19)11-12-25/h1-10,18-19,25H,11-12H2,(H,23,27)/t18-,19+/m0/s1. The Morgan fingerprint density at radius 1 is 1.15 bits per heavy atom. The van der Waals surface area contributed by atoms with Crippen LogP contribution in [0.25, 0.3) is 11.3 Å². The highest BCUT2D eigenvalue weighted by molar-refractivity contribution is 9.10. The van der Waals surface area contributed by atoms with Gasteiger partial charge in [0, 0.05) is 22.8 Å². The third-order valence-electron chi connectivity index (χ3n) is 4.59. The van der Waals surface area contributed by atoms with Gasteiger partial charge < -0.3 is 19.7 Å². The number of aromatic nitrogens is 1. The molecule has 0 saturated carbocycles. The van der Waals surface area contributed by atoms with E-state index >= 15 is 0 Å². The maximum atomic E-state index is 9.50. The van der Waals surface area contributed by atoms with Crippen LogP contribution < -0.4 is 5.32 Å². The number of furan rings is 1. The second-order valence-electron chi connectivity index (χ2n) is 6.25. The van der Waals surface area contributed by atoms with E-state index in [9.17, 15) is 5.11 Å². The fraction of sp³-hybridized carbons (Fsp3) is 0.200. The second-order valence-corrected chi connectivity index (χ2v) is 7.55. The van der Waals surface area contributed by atoms with E-state index in [2.05, 4.69) is 26.2 Å². The van der Waals surface area contributed by atoms with E-state index in [1.165, 1.54) is 0 Å². The van der Waals surface area contributed by atoms with E-state index in [0.717, 1.165) is 27.3 Å². The first-order valence-electron chi connectivity index (χ1n) is 8.62. The minimum absolute atomic E-state index is 0.00748. The smallest absolute Gasteiger partial charge is 0.170 e. The van der Waals surface area contributed by atoms with Crippen LogP contribution in [0.3, 0.4) is 0 Å². The number of halogens is 1. The average Bonchev–Trinajstić information content (AvgIpc) is 3.29. The van der Waals surface area contributed by atoms with Crippen LogP contribution in [0.1, 0.15) is 23.5 Å². The second kappa shape index (κ2) is 7.80. The molecule has 2 N–H and O–H groups in total. The fourth-order valence-corrected chi connectivity index (χ4v) is 3.94. The lowest BCUT2D eigenvalue weighted by molar-refractivity contribution is 0.209. The number of rotatable bonds is 5. The number of benzene rings is 1. The molecule has 0 bridgehead atoms. The molecule has 2 atom stereocenters. The van der Waals surface area contributed by atoms with Crippen LogP contribution in [0.15, 0.2) is 69.7 Å². The van der Waals surface area contributed by atoms with Crippen molar-refractivity contribution in [3.8, 4) is 11.3 Å². The number of hydrogen-bond acceptors (Lipinski definition) is 4. The van der Waals surface area contributed by atoms with Gasteiger partial charge in [0.05, 0.1) is 18.3 Å². The summed E-state index contributed by atoms with van der Waals surface area (Å²) >= 11 is 8.96. The van der Waals surface area contributed by atoms with E-state index in [-0.39, 0.29) is 18.7 Å². The van der Waals surface area contributed by atoms with Gasteiger partial charge in [0.15, 0.2) is 5.11 Å². The number of hydrogen-bond donors (Lipinski definition) is 2. The third-order valence-corrected chi connectivity index (χ3v) is 5.47. The first-order valence-corrected chi connectivity index (χ1v) is 9.82. The van der Waals surface area contributed by atoms with Gasteiger partial charge in [0.1, 0.15) is 17.6 Å². The van der Waals surface area contributed by atoms with Crippen molar-refractivity contribution in [3.05, 3.63) is 76.7 Å². The molecule has 3 heterocycles. The van der Waals surface area contributed by atoms with Crippen LogP contribution in [0.5, 0.6) is 0 Å². The first kappa shape index (κ1) is 18.2. The third kappa shape index (κ3) is 3.63. The predicted octanol–water partition coefficient (Wildman–Crippen LogP) is 4.07. The summed E-state index contributed by atoms with van der Waals surface area (Å²) in [5, 5.41) is 13.4. The molecular formula is C20H18BrN3O2S. The van der Waals surface area contributed by atoms with Gasteiger partial charge in [0.25, 0.3) is 0 Å². The van der Waals surface area contributed by atoms with Crippen molar-refractivity contribution in [1.82, 2.24) is 15.2 Å². The van der Waals surface area contributed by atoms with Gasteiger partial charge in [0.2, 0.25) is 0 Å². The molecule has 5 nitrogen and oxygen atoms in total. The van der Waals surface area contributed by atoms with Crippen molar-refractivity contribution in [3.63, 3.8) is 0 Å². The van der Waals surface area contributed by atoms with Crippen molar-refractivity contribution >= 4 is 33.3 Å². The summed E-state index contributed by atoms with van der Waals surface area (Å²) in [5.41, 5.74) is 1.88. The summed E-state index contributed by atoms with van der Waals surface area (Å²) in [6.07, 6.45) is 1.77. The molecule has 1 aliphatic rings. The Hall–Kier alpha value is -2.22. The van der Waals surface area contributed by atoms with Crippen molar-refractivity contribution in [2.45, 2.75) is 12.1 Å². The van der Waals surface area contributed by atoms with Gasteiger partial charge in [-0.2, -0.15) is 0 Å². The molecule has 0 unspecified atom stereocenters. The van der Waals surface area contributed by atoms with Gasteiger partial charge in [-0.1, -0.05) is 34.1 Å². The molecule has 27 heavy (non-hydrogen) atoms. The number of thiocarbonyl (C=S) groups is 1. The average molecular weight is 444 g/mol. The Bertz CT molecular complexity index is 930. The normalized spacial score (nSPS) is 19.3. The van der Waals surface area contributed by atoms with Gasteiger partial charge in [-0.05, 0) is 48.6 Å². The molecule has 1 aliphatic heterocycles. The molecule has 0 radical (unpaired) electrons. The molecule has 0 spiro atoms. The monoisotopic (exact) mass is 443 g/mol. The number of nitrogens with one attached hydrogen (secondary N) is 1. The van der Waals surface area contributed by atoms with E-state index in [1.54, 1.807) is 6.20 Å². The van der Waals surface area contributed by atoms with Crippen LogP contribution in [-0.4, -0.2) is 33.3 Å². The predicted molar refractivity (Wildman–Crippen MR) is 111 cm³/mol. The van der Waals surface area contributed by atoms with Gasteiger partial charge in [-0.25, -0.2) is 0 Å². The minimum Gasteiger partial charge on any atom is -0.459 e. The maximum Gasteiger partial charge on any atom is 0.170 e.